The van der Waals surface area contributed by atoms with E-state index in [1.807, 2.05) is 24.3 Å². The van der Waals surface area contributed by atoms with Crippen molar-refractivity contribution in [3.05, 3.63) is 70.2 Å². The highest BCUT2D eigenvalue weighted by atomic mass is 35.5. The van der Waals surface area contributed by atoms with E-state index >= 15 is 0 Å². The van der Waals surface area contributed by atoms with Gasteiger partial charge in [0, 0.05) is 24.4 Å². The van der Waals surface area contributed by atoms with Gasteiger partial charge in [0.15, 0.2) is 0 Å². The Morgan fingerprint density at radius 1 is 1.15 bits per heavy atom. The number of benzene rings is 2. The molecular weight excluding hydrogens is 380 g/mol. The predicted molar refractivity (Wildman–Crippen MR) is 113 cm³/mol. The average Bonchev–Trinajstić information content (AvgIpc) is 2.67. The lowest BCUT2D eigenvalue weighted by molar-refractivity contribution is -0.138. The van der Waals surface area contributed by atoms with Gasteiger partial charge in [-0.2, -0.15) is 0 Å². The second kappa shape index (κ2) is 10.4. The predicted octanol–water partition coefficient (Wildman–Crippen LogP) is 4.04. The molecule has 2 aromatic carbocycles. The molecule has 0 radical (unpaired) electrons. The van der Waals surface area contributed by atoms with Crippen molar-refractivity contribution in [3.8, 4) is 0 Å². The molecule has 2 amide bonds. The zero-order valence-electron chi connectivity index (χ0n) is 15.9. The SMILES string of the molecule is CNC(=O)C(C)N(Cc1ccc(Cl)cc1)C(=O)CSCc1ccccc1C. The number of hydrogen-bond acceptors (Lipinski definition) is 3. The monoisotopic (exact) mass is 404 g/mol. The molecule has 27 heavy (non-hydrogen) atoms. The Kier molecular flexibility index (Phi) is 8.20. The molecule has 2 rings (SSSR count). The van der Waals surface area contributed by atoms with E-state index in [1.165, 1.54) is 11.1 Å². The van der Waals surface area contributed by atoms with Crippen molar-refractivity contribution >= 4 is 35.2 Å². The molecule has 0 bridgehead atoms. The smallest absolute Gasteiger partial charge is 0.242 e. The fourth-order valence-corrected chi connectivity index (χ4v) is 3.79. The number of likely N-dealkylation sites (N-methyl/N-ethyl adjacent to an activating group) is 1. The Balaban J connectivity index is 2.04. The van der Waals surface area contributed by atoms with Crippen molar-refractivity contribution in [3.63, 3.8) is 0 Å². The second-order valence-electron chi connectivity index (χ2n) is 6.36. The van der Waals surface area contributed by atoms with E-state index < -0.39 is 6.04 Å². The van der Waals surface area contributed by atoms with Crippen LogP contribution < -0.4 is 5.32 Å². The summed E-state index contributed by atoms with van der Waals surface area (Å²) in [6, 6.07) is 14.9. The summed E-state index contributed by atoms with van der Waals surface area (Å²) in [6.07, 6.45) is 0. The second-order valence-corrected chi connectivity index (χ2v) is 7.78. The molecule has 4 nitrogen and oxygen atoms in total. The number of nitrogens with one attached hydrogen (secondary N) is 1. The van der Waals surface area contributed by atoms with Crippen LogP contribution in [-0.4, -0.2) is 35.6 Å². The number of thioether (sulfide) groups is 1. The van der Waals surface area contributed by atoms with Crippen molar-refractivity contribution in [1.82, 2.24) is 10.2 Å². The molecular formula is C21H25ClN2O2S. The lowest BCUT2D eigenvalue weighted by Gasteiger charge is -2.28. The number of nitrogens with zero attached hydrogens (tertiary/aromatic N) is 1. The van der Waals surface area contributed by atoms with Crippen LogP contribution in [0.4, 0.5) is 0 Å². The summed E-state index contributed by atoms with van der Waals surface area (Å²) < 4.78 is 0. The molecule has 0 spiro atoms. The fourth-order valence-electron chi connectivity index (χ4n) is 2.68. The van der Waals surface area contributed by atoms with Crippen LogP contribution in [0.2, 0.25) is 5.02 Å². The minimum absolute atomic E-state index is 0.0559. The topological polar surface area (TPSA) is 49.4 Å². The molecule has 1 N–H and O–H groups in total. The lowest BCUT2D eigenvalue weighted by atomic mass is 10.1. The van der Waals surface area contributed by atoms with Gasteiger partial charge in [0.05, 0.1) is 5.75 Å². The van der Waals surface area contributed by atoms with Crippen molar-refractivity contribution in [2.45, 2.75) is 32.2 Å². The quantitative estimate of drug-likeness (QED) is 0.722. The van der Waals surface area contributed by atoms with Crippen molar-refractivity contribution in [2.75, 3.05) is 12.8 Å². The van der Waals surface area contributed by atoms with Gasteiger partial charge in [-0.05, 0) is 42.7 Å². The van der Waals surface area contributed by atoms with E-state index in [-0.39, 0.29) is 11.8 Å². The van der Waals surface area contributed by atoms with Gasteiger partial charge in [-0.1, -0.05) is 48.0 Å². The van der Waals surface area contributed by atoms with Crippen LogP contribution >= 0.6 is 23.4 Å². The van der Waals surface area contributed by atoms with Crippen LogP contribution in [0.25, 0.3) is 0 Å². The number of carbonyl (C=O) groups is 2. The minimum atomic E-state index is -0.544. The molecule has 144 valence electrons. The van der Waals surface area contributed by atoms with Crippen molar-refractivity contribution in [1.29, 1.82) is 0 Å². The highest BCUT2D eigenvalue weighted by Crippen LogP contribution is 2.18. The van der Waals surface area contributed by atoms with E-state index in [0.29, 0.717) is 17.3 Å². The maximum atomic E-state index is 12.9. The van der Waals surface area contributed by atoms with E-state index in [9.17, 15) is 9.59 Å². The molecule has 0 saturated heterocycles. The van der Waals surface area contributed by atoms with Crippen LogP contribution in [0.3, 0.4) is 0 Å². The fraction of sp³-hybridized carbons (Fsp3) is 0.333. The van der Waals surface area contributed by atoms with Crippen LogP contribution in [0, 0.1) is 6.92 Å². The van der Waals surface area contributed by atoms with Gasteiger partial charge in [-0.25, -0.2) is 0 Å². The summed E-state index contributed by atoms with van der Waals surface area (Å²) in [5, 5.41) is 3.27. The van der Waals surface area contributed by atoms with Gasteiger partial charge in [0.25, 0.3) is 0 Å². The number of hydrogen-bond donors (Lipinski definition) is 1. The summed E-state index contributed by atoms with van der Waals surface area (Å²) in [4.78, 5) is 26.6. The highest BCUT2D eigenvalue weighted by Gasteiger charge is 2.25. The summed E-state index contributed by atoms with van der Waals surface area (Å²) >= 11 is 7.50. The third-order valence-corrected chi connectivity index (χ3v) is 5.64. The zero-order valence-corrected chi connectivity index (χ0v) is 17.4. The molecule has 0 aliphatic carbocycles. The first-order valence-electron chi connectivity index (χ1n) is 8.80. The molecule has 6 heteroatoms. The number of halogens is 1. The van der Waals surface area contributed by atoms with Gasteiger partial charge in [-0.3, -0.25) is 9.59 Å². The molecule has 0 aliphatic rings. The van der Waals surface area contributed by atoms with Crippen molar-refractivity contribution < 1.29 is 9.59 Å². The normalized spacial score (nSPS) is 11.7. The number of carbonyl (C=O) groups excluding carboxylic acids is 2. The molecule has 0 aliphatic heterocycles. The van der Waals surface area contributed by atoms with E-state index in [0.717, 1.165) is 11.3 Å². The van der Waals surface area contributed by atoms with Crippen LogP contribution in [0.15, 0.2) is 48.5 Å². The zero-order chi connectivity index (χ0) is 19.8. The van der Waals surface area contributed by atoms with Gasteiger partial charge in [0.2, 0.25) is 11.8 Å². The van der Waals surface area contributed by atoms with Gasteiger partial charge < -0.3 is 10.2 Å². The Morgan fingerprint density at radius 3 is 2.44 bits per heavy atom. The summed E-state index contributed by atoms with van der Waals surface area (Å²) in [7, 11) is 1.58. The van der Waals surface area contributed by atoms with E-state index in [4.69, 9.17) is 11.6 Å². The first kappa shape index (κ1) is 21.3. The maximum absolute atomic E-state index is 12.9. The Bertz CT molecular complexity index is 780. The highest BCUT2D eigenvalue weighted by molar-refractivity contribution is 7.99. The Hall–Kier alpha value is -1.98. The average molecular weight is 405 g/mol. The first-order chi connectivity index (χ1) is 12.9. The number of amides is 2. The third-order valence-electron chi connectivity index (χ3n) is 4.42. The standard InChI is InChI=1S/C21H25ClN2O2S/c1-15-6-4-5-7-18(15)13-27-14-20(25)24(16(2)21(26)23-3)12-17-8-10-19(22)11-9-17/h4-11,16H,12-14H2,1-3H3,(H,23,26). The minimum Gasteiger partial charge on any atom is -0.357 e. The van der Waals surface area contributed by atoms with E-state index in [2.05, 4.69) is 24.4 Å². The maximum Gasteiger partial charge on any atom is 0.242 e. The van der Waals surface area contributed by atoms with Crippen LogP contribution in [0.5, 0.6) is 0 Å². The van der Waals surface area contributed by atoms with Gasteiger partial charge in [0.1, 0.15) is 6.04 Å². The molecule has 0 fully saturated rings. The van der Waals surface area contributed by atoms with Crippen molar-refractivity contribution in [2.24, 2.45) is 0 Å². The molecule has 0 saturated carbocycles. The number of aryl methyl sites for hydroxylation is 1. The summed E-state index contributed by atoms with van der Waals surface area (Å²) in [5.74, 6) is 0.853. The third kappa shape index (κ3) is 6.29. The summed E-state index contributed by atoms with van der Waals surface area (Å²) in [5.41, 5.74) is 3.38. The van der Waals surface area contributed by atoms with Crippen LogP contribution in [0.1, 0.15) is 23.6 Å². The number of rotatable bonds is 8. The van der Waals surface area contributed by atoms with E-state index in [1.54, 1.807) is 42.8 Å². The summed E-state index contributed by atoms with van der Waals surface area (Å²) in [6.45, 7) is 4.19. The van der Waals surface area contributed by atoms with Crippen LogP contribution in [-0.2, 0) is 21.9 Å². The molecule has 1 unspecified atom stereocenters. The molecule has 0 aromatic heterocycles. The van der Waals surface area contributed by atoms with Gasteiger partial charge >= 0.3 is 0 Å². The molecule has 0 heterocycles. The van der Waals surface area contributed by atoms with Gasteiger partial charge in [-0.15, -0.1) is 11.8 Å². The lowest BCUT2D eigenvalue weighted by Crippen LogP contribution is -2.47. The first-order valence-corrected chi connectivity index (χ1v) is 10.3. The largest absolute Gasteiger partial charge is 0.357 e. The Labute approximate surface area is 170 Å². The Morgan fingerprint density at radius 2 is 1.81 bits per heavy atom. The molecule has 2 aromatic rings. The molecule has 1 atom stereocenters.